The minimum absolute atomic E-state index is 0.583. The molecule has 5 heteroatoms. The number of aryl methyl sites for hydroxylation is 1. The number of benzene rings is 2. The van der Waals surface area contributed by atoms with Crippen LogP contribution >= 0.6 is 0 Å². The number of alkyl halides is 3. The molecule has 1 aromatic heterocycles. The Labute approximate surface area is 175 Å². The molecule has 0 fully saturated rings. The van der Waals surface area contributed by atoms with Gasteiger partial charge in [-0.25, -0.2) is 0 Å². The van der Waals surface area contributed by atoms with Gasteiger partial charge in [-0.05, 0) is 65.6 Å². The van der Waals surface area contributed by atoms with E-state index in [2.05, 4.69) is 47.1 Å². The number of halogens is 3. The summed E-state index contributed by atoms with van der Waals surface area (Å²) in [5, 5.41) is 2.38. The Hall–Kier alpha value is -2.66. The zero-order chi connectivity index (χ0) is 21.1. The van der Waals surface area contributed by atoms with Crippen LogP contribution in [-0.2, 0) is 19.0 Å². The molecule has 3 aromatic rings. The van der Waals surface area contributed by atoms with Gasteiger partial charge in [0.05, 0.1) is 5.56 Å². The summed E-state index contributed by atoms with van der Waals surface area (Å²) in [6.07, 6.45) is 2.35. The first-order chi connectivity index (χ1) is 14.4. The number of rotatable bonds is 5. The lowest BCUT2D eigenvalue weighted by Gasteiger charge is -2.26. The number of fused-ring (bicyclic) bond motifs is 1. The largest absolute Gasteiger partial charge is 0.416 e. The highest BCUT2D eigenvalue weighted by atomic mass is 19.4. The second-order valence-corrected chi connectivity index (χ2v) is 7.82. The highest BCUT2D eigenvalue weighted by molar-refractivity contribution is 5.82. The third-order valence-corrected chi connectivity index (χ3v) is 5.78. The van der Waals surface area contributed by atoms with E-state index in [1.807, 2.05) is 6.20 Å². The summed E-state index contributed by atoms with van der Waals surface area (Å²) >= 11 is 0. The quantitative estimate of drug-likeness (QED) is 0.502. The van der Waals surface area contributed by atoms with Crippen molar-refractivity contribution in [3.8, 4) is 0 Å². The van der Waals surface area contributed by atoms with Crippen molar-refractivity contribution in [1.29, 1.82) is 0 Å². The average molecular weight is 410 g/mol. The van der Waals surface area contributed by atoms with Gasteiger partial charge in [0, 0.05) is 36.9 Å². The predicted molar refractivity (Wildman–Crippen MR) is 115 cm³/mol. The van der Waals surface area contributed by atoms with Crippen molar-refractivity contribution in [2.75, 3.05) is 19.6 Å². The first-order valence-electron chi connectivity index (χ1n) is 10.4. The van der Waals surface area contributed by atoms with Gasteiger partial charge >= 0.3 is 6.18 Å². The van der Waals surface area contributed by atoms with Gasteiger partial charge in [-0.3, -0.25) is 9.88 Å². The molecule has 0 radical (unpaired) electrons. The molecule has 0 atom stereocenters. The summed E-state index contributed by atoms with van der Waals surface area (Å²) in [6.45, 7) is 4.66. The van der Waals surface area contributed by atoms with E-state index in [1.54, 1.807) is 6.07 Å². The minimum atomic E-state index is -4.30. The normalized spacial score (nSPS) is 15.4. The topological polar surface area (TPSA) is 16.1 Å². The van der Waals surface area contributed by atoms with Crippen molar-refractivity contribution >= 4 is 16.3 Å². The number of hydrogen-bond donors (Lipinski definition) is 0. The number of aromatic nitrogens is 1. The van der Waals surface area contributed by atoms with Crippen molar-refractivity contribution in [2.24, 2.45) is 0 Å². The van der Waals surface area contributed by atoms with Crippen molar-refractivity contribution in [2.45, 2.75) is 32.4 Å². The monoisotopic (exact) mass is 410 g/mol. The molecule has 30 heavy (non-hydrogen) atoms. The first kappa shape index (κ1) is 20.6. The van der Waals surface area contributed by atoms with E-state index in [9.17, 15) is 13.2 Å². The van der Waals surface area contributed by atoms with Crippen LogP contribution in [0.5, 0.6) is 0 Å². The van der Waals surface area contributed by atoms with Crippen LogP contribution in [0.25, 0.3) is 16.3 Å². The van der Waals surface area contributed by atoms with Gasteiger partial charge in [0.1, 0.15) is 0 Å². The molecule has 0 amide bonds. The Kier molecular flexibility index (Phi) is 5.91. The van der Waals surface area contributed by atoms with Crippen molar-refractivity contribution < 1.29 is 13.2 Å². The maximum Gasteiger partial charge on any atom is 0.416 e. The zero-order valence-corrected chi connectivity index (χ0v) is 17.0. The lowest BCUT2D eigenvalue weighted by molar-refractivity contribution is -0.137. The fourth-order valence-electron chi connectivity index (χ4n) is 3.94. The molecule has 0 N–H and O–H groups in total. The predicted octanol–water partition coefficient (Wildman–Crippen LogP) is 6.15. The van der Waals surface area contributed by atoms with Crippen LogP contribution in [0.2, 0.25) is 0 Å². The van der Waals surface area contributed by atoms with Gasteiger partial charge < -0.3 is 0 Å². The fourth-order valence-corrected chi connectivity index (χ4v) is 3.94. The van der Waals surface area contributed by atoms with Crippen molar-refractivity contribution in [3.05, 3.63) is 83.2 Å². The Balaban J connectivity index is 1.38. The summed E-state index contributed by atoms with van der Waals surface area (Å²) in [6, 6.07) is 14.3. The molecule has 0 unspecified atom stereocenters. The molecular formula is C25H25F3N2. The second-order valence-electron chi connectivity index (χ2n) is 7.82. The molecule has 0 aliphatic carbocycles. The SMILES string of the molecule is CCc1cc2ccc(CCN3CC=C(c4cccc(C(F)(F)F)c4)CC3)cc2cn1. The van der Waals surface area contributed by atoms with E-state index in [-0.39, 0.29) is 0 Å². The lowest BCUT2D eigenvalue weighted by Crippen LogP contribution is -2.30. The molecule has 4 rings (SSSR count). The Morgan fingerprint density at radius 3 is 2.63 bits per heavy atom. The van der Waals surface area contributed by atoms with Crippen LogP contribution in [0.1, 0.15) is 35.7 Å². The first-order valence-corrected chi connectivity index (χ1v) is 10.4. The second kappa shape index (κ2) is 8.60. The summed E-state index contributed by atoms with van der Waals surface area (Å²) in [4.78, 5) is 6.83. The molecule has 0 bridgehead atoms. The summed E-state index contributed by atoms with van der Waals surface area (Å²) < 4.78 is 38.9. The Morgan fingerprint density at radius 2 is 1.90 bits per heavy atom. The summed E-state index contributed by atoms with van der Waals surface area (Å²) in [5.41, 5.74) is 3.48. The molecule has 2 aromatic carbocycles. The van der Waals surface area contributed by atoms with E-state index in [0.29, 0.717) is 5.56 Å². The van der Waals surface area contributed by atoms with Crippen LogP contribution in [0.4, 0.5) is 13.2 Å². The summed E-state index contributed by atoms with van der Waals surface area (Å²) in [5.74, 6) is 0. The van der Waals surface area contributed by atoms with E-state index in [0.717, 1.165) is 61.6 Å². The number of nitrogens with zero attached hydrogens (tertiary/aromatic N) is 2. The maximum atomic E-state index is 13.0. The van der Waals surface area contributed by atoms with Crippen LogP contribution in [0.15, 0.2) is 60.8 Å². The minimum Gasteiger partial charge on any atom is -0.299 e. The number of hydrogen-bond acceptors (Lipinski definition) is 2. The van der Waals surface area contributed by atoms with E-state index in [4.69, 9.17) is 0 Å². The molecule has 2 nitrogen and oxygen atoms in total. The molecule has 1 aliphatic rings. The van der Waals surface area contributed by atoms with Gasteiger partial charge in [-0.15, -0.1) is 0 Å². The standard InChI is InChI=1S/C25H25F3N2/c1-2-24-16-21-7-6-18(14-22(21)17-29-24)8-11-30-12-9-19(10-13-30)20-4-3-5-23(15-20)25(26,27)28/h3-7,9,14-17H,2,8,10-13H2,1H3. The maximum absolute atomic E-state index is 13.0. The van der Waals surface area contributed by atoms with Gasteiger partial charge in [0.2, 0.25) is 0 Å². The molecule has 2 heterocycles. The van der Waals surface area contributed by atoms with Gasteiger partial charge in [0.15, 0.2) is 0 Å². The van der Waals surface area contributed by atoms with E-state index >= 15 is 0 Å². The zero-order valence-electron chi connectivity index (χ0n) is 17.0. The van der Waals surface area contributed by atoms with Crippen molar-refractivity contribution in [1.82, 2.24) is 9.88 Å². The van der Waals surface area contributed by atoms with Crippen LogP contribution in [0, 0.1) is 0 Å². The molecule has 0 saturated heterocycles. The highest BCUT2D eigenvalue weighted by Crippen LogP contribution is 2.32. The van der Waals surface area contributed by atoms with E-state index < -0.39 is 11.7 Å². The molecular weight excluding hydrogens is 385 g/mol. The van der Waals surface area contributed by atoms with Gasteiger partial charge in [0.25, 0.3) is 0 Å². The average Bonchev–Trinajstić information content (AvgIpc) is 2.77. The molecule has 0 saturated carbocycles. The van der Waals surface area contributed by atoms with Gasteiger partial charge in [-0.1, -0.05) is 37.3 Å². The van der Waals surface area contributed by atoms with Crippen molar-refractivity contribution in [3.63, 3.8) is 0 Å². The van der Waals surface area contributed by atoms with Crippen LogP contribution in [-0.4, -0.2) is 29.5 Å². The van der Waals surface area contributed by atoms with Gasteiger partial charge in [-0.2, -0.15) is 13.2 Å². The Morgan fingerprint density at radius 1 is 1.03 bits per heavy atom. The Bertz CT molecular complexity index is 1070. The lowest BCUT2D eigenvalue weighted by atomic mass is 9.97. The fraction of sp³-hybridized carbons (Fsp3) is 0.320. The van der Waals surface area contributed by atoms with E-state index in [1.165, 1.54) is 23.1 Å². The third kappa shape index (κ3) is 4.73. The molecule has 0 spiro atoms. The summed E-state index contributed by atoms with van der Waals surface area (Å²) in [7, 11) is 0. The smallest absolute Gasteiger partial charge is 0.299 e. The van der Waals surface area contributed by atoms with Crippen LogP contribution < -0.4 is 0 Å². The highest BCUT2D eigenvalue weighted by Gasteiger charge is 2.30. The number of pyridine rings is 1. The molecule has 1 aliphatic heterocycles. The van der Waals surface area contributed by atoms with Crippen LogP contribution in [0.3, 0.4) is 0 Å². The molecule has 156 valence electrons. The third-order valence-electron chi connectivity index (χ3n) is 5.78.